The average Bonchev–Trinajstić information content (AvgIpc) is 2.28. The molecule has 1 rings (SSSR count). The zero-order valence-electron chi connectivity index (χ0n) is 9.99. The Labute approximate surface area is 96.2 Å². The summed E-state index contributed by atoms with van der Waals surface area (Å²) >= 11 is 0. The summed E-state index contributed by atoms with van der Waals surface area (Å²) in [4.78, 5) is 0. The molecule has 0 aliphatic rings. The molecule has 0 fully saturated rings. The van der Waals surface area contributed by atoms with Gasteiger partial charge in [-0.15, -0.1) is 0 Å². The average molecular weight is 225 g/mol. The van der Waals surface area contributed by atoms with Gasteiger partial charge in [0, 0.05) is 13.1 Å². The summed E-state index contributed by atoms with van der Waals surface area (Å²) in [6.45, 7) is 3.03. The number of rotatable bonds is 6. The molecule has 0 radical (unpaired) electrons. The van der Waals surface area contributed by atoms with Crippen LogP contribution in [0.4, 0.5) is 0 Å². The summed E-state index contributed by atoms with van der Waals surface area (Å²) in [6.07, 6.45) is -0.333. The van der Waals surface area contributed by atoms with Gasteiger partial charge in [-0.25, -0.2) is 0 Å². The molecule has 0 bridgehead atoms. The van der Waals surface area contributed by atoms with Crippen LogP contribution in [0.1, 0.15) is 12.5 Å². The molecule has 0 unspecified atom stereocenters. The lowest BCUT2D eigenvalue weighted by Crippen LogP contribution is -2.23. The van der Waals surface area contributed by atoms with Gasteiger partial charge in [0.05, 0.1) is 20.3 Å². The number of nitrogens with one attached hydrogen (secondary N) is 1. The van der Waals surface area contributed by atoms with Crippen LogP contribution in [0.15, 0.2) is 18.2 Å². The van der Waals surface area contributed by atoms with E-state index in [0.29, 0.717) is 13.1 Å². The fourth-order valence-corrected chi connectivity index (χ4v) is 1.42. The summed E-state index contributed by atoms with van der Waals surface area (Å²) in [5.74, 6) is 1.45. The van der Waals surface area contributed by atoms with E-state index in [1.54, 1.807) is 21.1 Å². The number of hydrogen-bond donors (Lipinski definition) is 2. The Morgan fingerprint density at radius 1 is 1.25 bits per heavy atom. The van der Waals surface area contributed by atoms with Crippen LogP contribution in [0.5, 0.6) is 11.5 Å². The van der Waals surface area contributed by atoms with Crippen molar-refractivity contribution in [2.45, 2.75) is 19.6 Å². The fraction of sp³-hybridized carbons (Fsp3) is 0.500. The van der Waals surface area contributed by atoms with Gasteiger partial charge in [0.25, 0.3) is 0 Å². The number of hydrogen-bond acceptors (Lipinski definition) is 4. The van der Waals surface area contributed by atoms with E-state index < -0.39 is 0 Å². The molecule has 0 aliphatic carbocycles. The summed E-state index contributed by atoms with van der Waals surface area (Å²) in [5.41, 5.74) is 1.10. The molecule has 0 aliphatic heterocycles. The first-order chi connectivity index (χ1) is 7.67. The maximum absolute atomic E-state index is 9.11. The van der Waals surface area contributed by atoms with Crippen LogP contribution in [0, 0.1) is 0 Å². The maximum Gasteiger partial charge on any atom is 0.161 e. The molecule has 4 heteroatoms. The van der Waals surface area contributed by atoms with Gasteiger partial charge in [-0.3, -0.25) is 0 Å². The van der Waals surface area contributed by atoms with Crippen LogP contribution in [-0.4, -0.2) is 32.0 Å². The van der Waals surface area contributed by atoms with E-state index in [0.717, 1.165) is 17.1 Å². The summed E-state index contributed by atoms with van der Waals surface area (Å²) in [7, 11) is 3.23. The predicted octanol–water partition coefficient (Wildman–Crippen LogP) is 1.17. The third kappa shape index (κ3) is 3.72. The maximum atomic E-state index is 9.11. The minimum atomic E-state index is -0.333. The number of benzene rings is 1. The van der Waals surface area contributed by atoms with E-state index in [2.05, 4.69) is 5.32 Å². The van der Waals surface area contributed by atoms with Crippen molar-refractivity contribution < 1.29 is 14.6 Å². The Morgan fingerprint density at radius 2 is 1.94 bits per heavy atom. The minimum absolute atomic E-state index is 0.333. The smallest absolute Gasteiger partial charge is 0.161 e. The first kappa shape index (κ1) is 12.8. The molecule has 0 amide bonds. The van der Waals surface area contributed by atoms with E-state index in [-0.39, 0.29) is 6.10 Å². The fourth-order valence-electron chi connectivity index (χ4n) is 1.42. The van der Waals surface area contributed by atoms with Crippen molar-refractivity contribution in [3.63, 3.8) is 0 Å². The lowest BCUT2D eigenvalue weighted by Gasteiger charge is -2.10. The number of aliphatic hydroxyl groups is 1. The molecule has 0 aromatic heterocycles. The highest BCUT2D eigenvalue weighted by molar-refractivity contribution is 5.42. The second-order valence-corrected chi connectivity index (χ2v) is 3.67. The van der Waals surface area contributed by atoms with Crippen molar-refractivity contribution in [3.8, 4) is 11.5 Å². The lowest BCUT2D eigenvalue weighted by atomic mass is 10.2. The minimum Gasteiger partial charge on any atom is -0.493 e. The second kappa shape index (κ2) is 6.35. The van der Waals surface area contributed by atoms with E-state index in [1.165, 1.54) is 0 Å². The highest BCUT2D eigenvalue weighted by Gasteiger charge is 2.04. The third-order valence-corrected chi connectivity index (χ3v) is 2.22. The number of aliphatic hydroxyl groups excluding tert-OH is 1. The monoisotopic (exact) mass is 225 g/mol. The summed E-state index contributed by atoms with van der Waals surface area (Å²) < 4.78 is 10.4. The van der Waals surface area contributed by atoms with Crippen molar-refractivity contribution in [3.05, 3.63) is 23.8 Å². The van der Waals surface area contributed by atoms with Gasteiger partial charge in [-0.1, -0.05) is 6.07 Å². The van der Waals surface area contributed by atoms with Gasteiger partial charge in [0.2, 0.25) is 0 Å². The van der Waals surface area contributed by atoms with E-state index in [9.17, 15) is 0 Å². The Balaban J connectivity index is 2.60. The van der Waals surface area contributed by atoms with Crippen molar-refractivity contribution in [1.29, 1.82) is 0 Å². The summed E-state index contributed by atoms with van der Waals surface area (Å²) in [6, 6.07) is 5.77. The molecule has 0 saturated carbocycles. The van der Waals surface area contributed by atoms with E-state index in [1.807, 2.05) is 18.2 Å². The van der Waals surface area contributed by atoms with Gasteiger partial charge >= 0.3 is 0 Å². The Morgan fingerprint density at radius 3 is 2.50 bits per heavy atom. The first-order valence-electron chi connectivity index (χ1n) is 5.27. The molecule has 1 atom stereocenters. The van der Waals surface area contributed by atoms with Crippen molar-refractivity contribution in [1.82, 2.24) is 5.32 Å². The number of methoxy groups -OCH3 is 2. The quantitative estimate of drug-likeness (QED) is 0.763. The van der Waals surface area contributed by atoms with Gasteiger partial charge in [-0.2, -0.15) is 0 Å². The van der Waals surface area contributed by atoms with Crippen LogP contribution >= 0.6 is 0 Å². The summed E-state index contributed by atoms with van der Waals surface area (Å²) in [5, 5.41) is 12.2. The highest BCUT2D eigenvalue weighted by atomic mass is 16.5. The van der Waals surface area contributed by atoms with E-state index >= 15 is 0 Å². The molecule has 2 N–H and O–H groups in total. The van der Waals surface area contributed by atoms with Crippen LogP contribution in [0.3, 0.4) is 0 Å². The predicted molar refractivity (Wildman–Crippen MR) is 62.9 cm³/mol. The molecular formula is C12H19NO3. The second-order valence-electron chi connectivity index (χ2n) is 3.67. The molecule has 4 nitrogen and oxygen atoms in total. The van der Waals surface area contributed by atoms with E-state index in [4.69, 9.17) is 14.6 Å². The molecule has 1 aromatic rings. The van der Waals surface area contributed by atoms with Crippen LogP contribution < -0.4 is 14.8 Å². The van der Waals surface area contributed by atoms with Crippen LogP contribution in [-0.2, 0) is 6.54 Å². The van der Waals surface area contributed by atoms with Gasteiger partial charge in [0.15, 0.2) is 11.5 Å². The molecule has 0 saturated heterocycles. The molecular weight excluding hydrogens is 206 g/mol. The zero-order valence-corrected chi connectivity index (χ0v) is 9.99. The van der Waals surface area contributed by atoms with Crippen molar-refractivity contribution in [2.24, 2.45) is 0 Å². The molecule has 0 heterocycles. The molecule has 90 valence electrons. The highest BCUT2D eigenvalue weighted by Crippen LogP contribution is 2.27. The van der Waals surface area contributed by atoms with Gasteiger partial charge in [0.1, 0.15) is 0 Å². The first-order valence-corrected chi connectivity index (χ1v) is 5.27. The molecule has 0 spiro atoms. The normalized spacial score (nSPS) is 12.2. The molecule has 1 aromatic carbocycles. The SMILES string of the molecule is COc1ccc(CNC[C@H](C)O)cc1OC. The zero-order chi connectivity index (χ0) is 12.0. The van der Waals surface area contributed by atoms with Gasteiger partial charge < -0.3 is 19.9 Å². The van der Waals surface area contributed by atoms with Gasteiger partial charge in [-0.05, 0) is 24.6 Å². The van der Waals surface area contributed by atoms with Crippen LogP contribution in [0.25, 0.3) is 0 Å². The number of ether oxygens (including phenoxy) is 2. The largest absolute Gasteiger partial charge is 0.493 e. The van der Waals surface area contributed by atoms with Crippen molar-refractivity contribution in [2.75, 3.05) is 20.8 Å². The standard InChI is InChI=1S/C12H19NO3/c1-9(14)7-13-8-10-4-5-11(15-2)12(6-10)16-3/h4-6,9,13-14H,7-8H2,1-3H3/t9-/m0/s1. The Bertz CT molecular complexity index is 326. The van der Waals surface area contributed by atoms with Crippen LogP contribution in [0.2, 0.25) is 0 Å². The van der Waals surface area contributed by atoms with Crippen molar-refractivity contribution >= 4 is 0 Å². The third-order valence-electron chi connectivity index (χ3n) is 2.22. The Hall–Kier alpha value is -1.26. The topological polar surface area (TPSA) is 50.7 Å². The Kier molecular flexibility index (Phi) is 5.08. The molecule has 16 heavy (non-hydrogen) atoms. The lowest BCUT2D eigenvalue weighted by molar-refractivity contribution is 0.191.